The van der Waals surface area contributed by atoms with Gasteiger partial charge in [0.15, 0.2) is 5.96 Å². The molecule has 1 saturated carbocycles. The van der Waals surface area contributed by atoms with E-state index >= 15 is 0 Å². The molecule has 0 heterocycles. The molecule has 2 unspecified atom stereocenters. The van der Waals surface area contributed by atoms with Crippen LogP contribution in [-0.4, -0.2) is 12.0 Å². The normalized spacial score (nSPS) is 21.1. The van der Waals surface area contributed by atoms with Crippen LogP contribution in [0.5, 0.6) is 0 Å². The Bertz CT molecular complexity index is 658. The first-order valence-corrected chi connectivity index (χ1v) is 7.36. The Balaban J connectivity index is 1.64. The maximum absolute atomic E-state index is 6.00. The minimum atomic E-state index is 0.309. The molecule has 108 valence electrons. The molecule has 0 amide bonds. The second-order valence-corrected chi connectivity index (χ2v) is 5.77. The molecule has 1 aliphatic carbocycles. The lowest BCUT2D eigenvalue weighted by molar-refractivity contribution is 0.975. The van der Waals surface area contributed by atoms with Crippen LogP contribution in [0.15, 0.2) is 53.5 Å². The average molecular weight is 279 g/mol. The Hall–Kier alpha value is -2.29. The van der Waals surface area contributed by atoms with E-state index in [1.54, 1.807) is 0 Å². The van der Waals surface area contributed by atoms with Gasteiger partial charge >= 0.3 is 0 Å². The smallest absolute Gasteiger partial charge is 0.193 e. The number of benzene rings is 2. The number of aryl methyl sites for hydroxylation is 2. The lowest BCUT2D eigenvalue weighted by Gasteiger charge is -2.06. The van der Waals surface area contributed by atoms with Crippen LogP contribution < -0.4 is 11.1 Å². The summed E-state index contributed by atoms with van der Waals surface area (Å²) >= 11 is 0. The predicted molar refractivity (Wildman–Crippen MR) is 88.7 cm³/mol. The van der Waals surface area contributed by atoms with E-state index in [0.717, 1.165) is 12.1 Å². The highest BCUT2D eigenvalue weighted by atomic mass is 15.1. The summed E-state index contributed by atoms with van der Waals surface area (Å²) in [6.45, 7) is 4.22. The van der Waals surface area contributed by atoms with Crippen molar-refractivity contribution in [3.63, 3.8) is 0 Å². The van der Waals surface area contributed by atoms with Crippen LogP contribution in [0, 0.1) is 13.8 Å². The Morgan fingerprint density at radius 2 is 1.81 bits per heavy atom. The third-order valence-corrected chi connectivity index (χ3v) is 3.97. The first-order chi connectivity index (χ1) is 10.1. The van der Waals surface area contributed by atoms with Crippen LogP contribution in [-0.2, 0) is 0 Å². The maximum atomic E-state index is 6.00. The van der Waals surface area contributed by atoms with Crippen molar-refractivity contribution in [2.24, 2.45) is 10.7 Å². The summed E-state index contributed by atoms with van der Waals surface area (Å²) in [5.41, 5.74) is 11.0. The topological polar surface area (TPSA) is 50.4 Å². The highest BCUT2D eigenvalue weighted by molar-refractivity contribution is 5.92. The van der Waals surface area contributed by atoms with Gasteiger partial charge in [-0.2, -0.15) is 0 Å². The zero-order valence-corrected chi connectivity index (χ0v) is 12.5. The van der Waals surface area contributed by atoms with Crippen LogP contribution in [0.3, 0.4) is 0 Å². The van der Waals surface area contributed by atoms with Crippen LogP contribution >= 0.6 is 0 Å². The van der Waals surface area contributed by atoms with Crippen LogP contribution in [0.1, 0.15) is 29.0 Å². The van der Waals surface area contributed by atoms with E-state index in [4.69, 9.17) is 5.73 Å². The van der Waals surface area contributed by atoms with Crippen molar-refractivity contribution in [3.05, 3.63) is 65.2 Å². The molecule has 21 heavy (non-hydrogen) atoms. The second-order valence-electron chi connectivity index (χ2n) is 5.77. The maximum Gasteiger partial charge on any atom is 0.193 e. The van der Waals surface area contributed by atoms with Gasteiger partial charge in [-0.3, -0.25) is 0 Å². The van der Waals surface area contributed by atoms with E-state index in [1.165, 1.54) is 16.7 Å². The number of rotatable bonds is 3. The fourth-order valence-electron chi connectivity index (χ4n) is 2.66. The molecular formula is C18H21N3. The zero-order chi connectivity index (χ0) is 14.8. The summed E-state index contributed by atoms with van der Waals surface area (Å²) in [7, 11) is 0. The third kappa shape index (κ3) is 3.24. The van der Waals surface area contributed by atoms with Gasteiger partial charge in [-0.25, -0.2) is 4.99 Å². The predicted octanol–water partition coefficient (Wildman–Crippen LogP) is 3.59. The quantitative estimate of drug-likeness (QED) is 0.666. The van der Waals surface area contributed by atoms with Gasteiger partial charge in [0.2, 0.25) is 0 Å². The standard InChI is InChI=1S/C18H21N3/c1-12-7-9-14(10-8-12)20-18(19)21-17-11-16(17)15-6-4-3-5-13(15)2/h3-10,16-17H,11H2,1-2H3,(H3,19,20,21). The number of hydrogen-bond acceptors (Lipinski definition) is 1. The number of nitrogens with one attached hydrogen (secondary N) is 1. The molecule has 0 radical (unpaired) electrons. The second kappa shape index (κ2) is 5.60. The van der Waals surface area contributed by atoms with Crippen LogP contribution in [0.25, 0.3) is 0 Å². The van der Waals surface area contributed by atoms with Crippen molar-refractivity contribution >= 4 is 11.6 Å². The number of guanidine groups is 1. The van der Waals surface area contributed by atoms with Gasteiger partial charge in [-0.1, -0.05) is 42.0 Å². The Kier molecular flexibility index (Phi) is 3.65. The third-order valence-electron chi connectivity index (χ3n) is 3.97. The molecule has 0 bridgehead atoms. The molecule has 0 aliphatic heterocycles. The SMILES string of the molecule is Cc1ccc(NC(N)=NC2CC2c2ccccc2C)cc1. The van der Waals surface area contributed by atoms with Crippen LogP contribution in [0.2, 0.25) is 0 Å². The first kappa shape index (κ1) is 13.7. The first-order valence-electron chi connectivity index (χ1n) is 7.36. The average Bonchev–Trinajstić information content (AvgIpc) is 3.21. The van der Waals surface area contributed by atoms with E-state index in [0.29, 0.717) is 17.9 Å². The molecular weight excluding hydrogens is 258 g/mol. The summed E-state index contributed by atoms with van der Waals surface area (Å²) in [4.78, 5) is 4.59. The molecule has 0 saturated heterocycles. The summed E-state index contributed by atoms with van der Waals surface area (Å²) in [5.74, 6) is 1.02. The number of nitrogens with zero attached hydrogens (tertiary/aromatic N) is 1. The highest BCUT2D eigenvalue weighted by Gasteiger charge is 2.39. The van der Waals surface area contributed by atoms with Gasteiger partial charge in [-0.05, 0) is 43.5 Å². The molecule has 2 aromatic rings. The molecule has 0 aromatic heterocycles. The van der Waals surface area contributed by atoms with Gasteiger partial charge in [0.1, 0.15) is 0 Å². The molecule has 0 spiro atoms. The molecule has 3 heteroatoms. The molecule has 3 rings (SSSR count). The molecule has 2 atom stereocenters. The minimum Gasteiger partial charge on any atom is -0.370 e. The summed E-state index contributed by atoms with van der Waals surface area (Å²) in [5, 5.41) is 3.15. The van der Waals surface area contributed by atoms with Crippen molar-refractivity contribution in [1.82, 2.24) is 0 Å². The number of nitrogens with two attached hydrogens (primary N) is 1. The summed E-state index contributed by atoms with van der Waals surface area (Å²) < 4.78 is 0. The Morgan fingerprint density at radius 3 is 2.52 bits per heavy atom. The van der Waals surface area contributed by atoms with Gasteiger partial charge in [0.05, 0.1) is 6.04 Å². The van der Waals surface area contributed by atoms with E-state index in [2.05, 4.69) is 60.6 Å². The Morgan fingerprint density at radius 1 is 1.10 bits per heavy atom. The van der Waals surface area contributed by atoms with Crippen molar-refractivity contribution in [1.29, 1.82) is 0 Å². The van der Waals surface area contributed by atoms with Gasteiger partial charge < -0.3 is 11.1 Å². The van der Waals surface area contributed by atoms with E-state index in [9.17, 15) is 0 Å². The fraction of sp³-hybridized carbons (Fsp3) is 0.278. The summed E-state index contributed by atoms with van der Waals surface area (Å²) in [6.07, 6.45) is 1.08. The molecule has 3 nitrogen and oxygen atoms in total. The largest absolute Gasteiger partial charge is 0.370 e. The minimum absolute atomic E-state index is 0.309. The fourth-order valence-corrected chi connectivity index (χ4v) is 2.66. The Labute approximate surface area is 125 Å². The monoisotopic (exact) mass is 279 g/mol. The van der Waals surface area contributed by atoms with Gasteiger partial charge in [0, 0.05) is 11.6 Å². The number of aliphatic imine (C=N–C) groups is 1. The van der Waals surface area contributed by atoms with E-state index in [-0.39, 0.29) is 0 Å². The van der Waals surface area contributed by atoms with Crippen molar-refractivity contribution in [2.75, 3.05) is 5.32 Å². The lowest BCUT2D eigenvalue weighted by atomic mass is 10.0. The highest BCUT2D eigenvalue weighted by Crippen LogP contribution is 2.44. The van der Waals surface area contributed by atoms with Crippen molar-refractivity contribution < 1.29 is 0 Å². The summed E-state index contributed by atoms with van der Waals surface area (Å²) in [6, 6.07) is 17.0. The molecule has 1 fully saturated rings. The number of hydrogen-bond donors (Lipinski definition) is 2. The number of anilines is 1. The van der Waals surface area contributed by atoms with Gasteiger partial charge in [-0.15, -0.1) is 0 Å². The van der Waals surface area contributed by atoms with Crippen molar-refractivity contribution in [3.8, 4) is 0 Å². The lowest BCUT2D eigenvalue weighted by Crippen LogP contribution is -2.23. The molecule has 2 aromatic carbocycles. The molecule has 3 N–H and O–H groups in total. The van der Waals surface area contributed by atoms with E-state index < -0.39 is 0 Å². The van der Waals surface area contributed by atoms with Gasteiger partial charge in [0.25, 0.3) is 0 Å². The zero-order valence-electron chi connectivity index (χ0n) is 12.5. The van der Waals surface area contributed by atoms with E-state index in [1.807, 2.05) is 12.1 Å². The van der Waals surface area contributed by atoms with Crippen LogP contribution in [0.4, 0.5) is 5.69 Å². The molecule has 1 aliphatic rings. The van der Waals surface area contributed by atoms with Crippen molar-refractivity contribution in [2.45, 2.75) is 32.2 Å².